The Kier molecular flexibility index (Phi) is 8.83. The molecule has 1 heterocycles. The van der Waals surface area contributed by atoms with Crippen molar-refractivity contribution < 1.29 is 14.3 Å². The number of carbonyl (C=O) groups excluding carboxylic acids is 2. The van der Waals surface area contributed by atoms with Crippen LogP contribution in [0.1, 0.15) is 11.1 Å². The first-order valence-electron chi connectivity index (χ1n) is 11.6. The van der Waals surface area contributed by atoms with Gasteiger partial charge in [0.1, 0.15) is 5.75 Å². The standard InChI is InChI=1S/C28H27Br2N3O3/c1-20-17-22(29)18-25(30)28(20)36-19-26(34)31-23-8-10-24(11-9-23)32-13-15-33(16-14-32)27(35)12-7-21-5-3-2-4-6-21/h2-12,17-18H,13-16,19H2,1H3,(H,31,34)/b12-7+. The molecule has 8 heteroatoms. The summed E-state index contributed by atoms with van der Waals surface area (Å²) in [5, 5.41) is 2.87. The van der Waals surface area contributed by atoms with E-state index in [1.165, 1.54) is 0 Å². The molecule has 36 heavy (non-hydrogen) atoms. The van der Waals surface area contributed by atoms with E-state index in [1.807, 2.05) is 84.6 Å². The Morgan fingerprint density at radius 3 is 2.33 bits per heavy atom. The van der Waals surface area contributed by atoms with Crippen molar-refractivity contribution in [2.75, 3.05) is 43.0 Å². The van der Waals surface area contributed by atoms with Gasteiger partial charge >= 0.3 is 0 Å². The third-order valence-corrected chi connectivity index (χ3v) is 6.91. The number of hydrogen-bond donors (Lipinski definition) is 1. The molecule has 1 aliphatic heterocycles. The Hall–Kier alpha value is -3.10. The Morgan fingerprint density at radius 2 is 1.67 bits per heavy atom. The maximum Gasteiger partial charge on any atom is 0.262 e. The number of carbonyl (C=O) groups is 2. The summed E-state index contributed by atoms with van der Waals surface area (Å²) in [7, 11) is 0. The Bertz CT molecular complexity index is 1220. The normalized spacial score (nSPS) is 13.6. The molecular weight excluding hydrogens is 586 g/mol. The van der Waals surface area contributed by atoms with Crippen LogP contribution >= 0.6 is 31.9 Å². The quantitative estimate of drug-likeness (QED) is 0.338. The van der Waals surface area contributed by atoms with Crippen LogP contribution in [0.4, 0.5) is 11.4 Å². The van der Waals surface area contributed by atoms with E-state index < -0.39 is 0 Å². The SMILES string of the molecule is Cc1cc(Br)cc(Br)c1OCC(=O)Nc1ccc(N2CCN(C(=O)/C=C/c3ccccc3)CC2)cc1. The van der Waals surface area contributed by atoms with Gasteiger partial charge in [-0.2, -0.15) is 0 Å². The second-order valence-corrected chi connectivity index (χ2v) is 10.2. The number of benzene rings is 3. The van der Waals surface area contributed by atoms with E-state index in [-0.39, 0.29) is 18.4 Å². The van der Waals surface area contributed by atoms with Crippen molar-refractivity contribution in [2.24, 2.45) is 0 Å². The van der Waals surface area contributed by atoms with Gasteiger partial charge in [-0.3, -0.25) is 9.59 Å². The predicted molar refractivity (Wildman–Crippen MR) is 151 cm³/mol. The number of ether oxygens (including phenoxy) is 1. The van der Waals surface area contributed by atoms with Gasteiger partial charge in [-0.25, -0.2) is 0 Å². The number of halogens is 2. The van der Waals surface area contributed by atoms with Gasteiger partial charge in [0.25, 0.3) is 5.91 Å². The highest BCUT2D eigenvalue weighted by Gasteiger charge is 2.20. The highest BCUT2D eigenvalue weighted by molar-refractivity contribution is 9.11. The summed E-state index contributed by atoms with van der Waals surface area (Å²) in [6, 6.07) is 21.4. The summed E-state index contributed by atoms with van der Waals surface area (Å²) < 4.78 is 7.46. The van der Waals surface area contributed by atoms with Crippen LogP contribution in [0, 0.1) is 6.92 Å². The van der Waals surface area contributed by atoms with E-state index >= 15 is 0 Å². The molecular formula is C28H27Br2N3O3. The Morgan fingerprint density at radius 1 is 0.972 bits per heavy atom. The van der Waals surface area contributed by atoms with Crippen LogP contribution in [0.25, 0.3) is 6.08 Å². The first-order chi connectivity index (χ1) is 17.4. The van der Waals surface area contributed by atoms with Crippen LogP contribution in [-0.2, 0) is 9.59 Å². The van der Waals surface area contributed by atoms with Crippen molar-refractivity contribution in [1.82, 2.24) is 4.90 Å². The maximum atomic E-state index is 12.5. The van der Waals surface area contributed by atoms with Crippen molar-refractivity contribution >= 4 is 61.1 Å². The van der Waals surface area contributed by atoms with Crippen LogP contribution in [-0.4, -0.2) is 49.5 Å². The minimum Gasteiger partial charge on any atom is -0.482 e. The molecule has 0 unspecified atom stereocenters. The molecule has 186 valence electrons. The second kappa shape index (κ2) is 12.2. The molecule has 4 rings (SSSR count). The Balaban J connectivity index is 1.24. The summed E-state index contributed by atoms with van der Waals surface area (Å²) >= 11 is 6.91. The lowest BCUT2D eigenvalue weighted by Gasteiger charge is -2.35. The molecule has 0 aromatic heterocycles. The number of amides is 2. The molecule has 1 fully saturated rings. The molecule has 0 bridgehead atoms. The van der Waals surface area contributed by atoms with Crippen molar-refractivity contribution in [3.63, 3.8) is 0 Å². The van der Waals surface area contributed by atoms with Crippen LogP contribution in [0.2, 0.25) is 0 Å². The molecule has 3 aromatic rings. The van der Waals surface area contributed by atoms with Gasteiger partial charge < -0.3 is 19.9 Å². The van der Waals surface area contributed by atoms with Gasteiger partial charge in [0, 0.05) is 48.1 Å². The number of nitrogens with one attached hydrogen (secondary N) is 1. The molecule has 1 aliphatic rings. The maximum absolute atomic E-state index is 12.5. The van der Waals surface area contributed by atoms with Crippen LogP contribution < -0.4 is 15.0 Å². The second-order valence-electron chi connectivity index (χ2n) is 8.47. The highest BCUT2D eigenvalue weighted by atomic mass is 79.9. The van der Waals surface area contributed by atoms with Gasteiger partial charge in [-0.15, -0.1) is 0 Å². The largest absolute Gasteiger partial charge is 0.482 e. The van der Waals surface area contributed by atoms with Crippen LogP contribution in [0.5, 0.6) is 5.75 Å². The Labute approximate surface area is 228 Å². The zero-order valence-corrected chi connectivity index (χ0v) is 23.1. The number of anilines is 2. The number of aryl methyl sites for hydroxylation is 1. The molecule has 1 saturated heterocycles. The molecule has 0 radical (unpaired) electrons. The monoisotopic (exact) mass is 611 g/mol. The summed E-state index contributed by atoms with van der Waals surface area (Å²) in [5.74, 6) is 0.452. The molecule has 6 nitrogen and oxygen atoms in total. The van der Waals surface area contributed by atoms with E-state index in [0.717, 1.165) is 38.8 Å². The molecule has 0 aliphatic carbocycles. The fourth-order valence-electron chi connectivity index (χ4n) is 3.98. The molecule has 0 spiro atoms. The van der Waals surface area contributed by atoms with Gasteiger partial charge in [-0.05, 0) is 76.5 Å². The molecule has 1 N–H and O–H groups in total. The minimum atomic E-state index is -0.229. The smallest absolute Gasteiger partial charge is 0.262 e. The lowest BCUT2D eigenvalue weighted by atomic mass is 10.2. The summed E-state index contributed by atoms with van der Waals surface area (Å²) in [6.45, 7) is 4.69. The predicted octanol–water partition coefficient (Wildman–Crippen LogP) is 5.90. The summed E-state index contributed by atoms with van der Waals surface area (Å²) in [5.41, 5.74) is 3.71. The minimum absolute atomic E-state index is 0.0316. The number of nitrogens with zero attached hydrogens (tertiary/aromatic N) is 2. The molecule has 3 aromatic carbocycles. The fourth-order valence-corrected chi connectivity index (χ4v) is 5.54. The summed E-state index contributed by atoms with van der Waals surface area (Å²) in [6.07, 6.45) is 3.49. The van der Waals surface area contributed by atoms with Gasteiger partial charge in [-0.1, -0.05) is 46.3 Å². The zero-order valence-electron chi connectivity index (χ0n) is 19.9. The van der Waals surface area contributed by atoms with Crippen molar-refractivity contribution in [1.29, 1.82) is 0 Å². The average Bonchev–Trinajstić information content (AvgIpc) is 2.88. The topological polar surface area (TPSA) is 61.9 Å². The number of piperazine rings is 1. The fraction of sp³-hybridized carbons (Fsp3) is 0.214. The first-order valence-corrected chi connectivity index (χ1v) is 13.2. The van der Waals surface area contributed by atoms with Gasteiger partial charge in [0.2, 0.25) is 5.91 Å². The lowest BCUT2D eigenvalue weighted by Crippen LogP contribution is -2.48. The number of rotatable bonds is 7. The van der Waals surface area contributed by atoms with E-state index in [9.17, 15) is 9.59 Å². The third kappa shape index (κ3) is 6.98. The van der Waals surface area contributed by atoms with Crippen molar-refractivity contribution in [3.05, 3.63) is 92.9 Å². The summed E-state index contributed by atoms with van der Waals surface area (Å²) in [4.78, 5) is 29.0. The first kappa shape index (κ1) is 26.0. The molecule has 0 saturated carbocycles. The highest BCUT2D eigenvalue weighted by Crippen LogP contribution is 2.32. The van der Waals surface area contributed by atoms with Gasteiger partial charge in [0.05, 0.1) is 4.47 Å². The average molecular weight is 613 g/mol. The lowest BCUT2D eigenvalue weighted by molar-refractivity contribution is -0.126. The number of hydrogen-bond acceptors (Lipinski definition) is 4. The zero-order chi connectivity index (χ0) is 25.5. The van der Waals surface area contributed by atoms with Gasteiger partial charge in [0.15, 0.2) is 6.61 Å². The van der Waals surface area contributed by atoms with E-state index in [0.29, 0.717) is 24.5 Å². The van der Waals surface area contributed by atoms with Crippen LogP contribution in [0.3, 0.4) is 0 Å². The van der Waals surface area contributed by atoms with E-state index in [1.54, 1.807) is 6.08 Å². The van der Waals surface area contributed by atoms with E-state index in [4.69, 9.17) is 4.74 Å². The van der Waals surface area contributed by atoms with E-state index in [2.05, 4.69) is 42.1 Å². The van der Waals surface area contributed by atoms with Crippen LogP contribution in [0.15, 0.2) is 81.8 Å². The third-order valence-electron chi connectivity index (χ3n) is 5.87. The van der Waals surface area contributed by atoms with Crippen molar-refractivity contribution in [3.8, 4) is 5.75 Å². The van der Waals surface area contributed by atoms with Crippen molar-refractivity contribution in [2.45, 2.75) is 6.92 Å². The molecule has 2 amide bonds. The molecule has 0 atom stereocenters.